The molecule has 0 fully saturated rings. The van der Waals surface area contributed by atoms with Gasteiger partial charge in [-0.3, -0.25) is 0 Å². The summed E-state index contributed by atoms with van der Waals surface area (Å²) in [5.41, 5.74) is -0.146. The Morgan fingerprint density at radius 2 is 1.91 bits per heavy atom. The van der Waals surface area contributed by atoms with Crippen molar-refractivity contribution in [1.82, 2.24) is 0 Å². The van der Waals surface area contributed by atoms with Crippen LogP contribution in [0.1, 0.15) is 38.5 Å². The van der Waals surface area contributed by atoms with Gasteiger partial charge in [0.2, 0.25) is 0 Å². The molecule has 0 radical (unpaired) electrons. The fourth-order valence-corrected chi connectivity index (χ4v) is 2.33. The predicted molar refractivity (Wildman–Crippen MR) is 85.8 cm³/mol. The highest BCUT2D eigenvalue weighted by Gasteiger charge is 2.07. The molecule has 22 heavy (non-hydrogen) atoms. The summed E-state index contributed by atoms with van der Waals surface area (Å²) in [5.74, 6) is 0.00539. The van der Waals surface area contributed by atoms with Crippen LogP contribution < -0.4 is 10.4 Å². The monoisotopic (exact) mass is 304 g/mol. The molecule has 0 amide bonds. The zero-order chi connectivity index (χ0) is 15.8. The Morgan fingerprint density at radius 3 is 2.73 bits per heavy atom. The number of hydrogen-bond donors (Lipinski definition) is 0. The van der Waals surface area contributed by atoms with Gasteiger partial charge < -0.3 is 9.15 Å². The minimum atomic E-state index is -0.487. The predicted octanol–water partition coefficient (Wildman–Crippen LogP) is 4.84. The van der Waals surface area contributed by atoms with E-state index in [0.717, 1.165) is 25.7 Å². The van der Waals surface area contributed by atoms with E-state index in [1.807, 2.05) is 6.08 Å². The van der Waals surface area contributed by atoms with Gasteiger partial charge in [-0.1, -0.05) is 25.3 Å². The van der Waals surface area contributed by atoms with E-state index in [-0.39, 0.29) is 5.82 Å². The average Bonchev–Trinajstić information content (AvgIpc) is 2.50. The van der Waals surface area contributed by atoms with Gasteiger partial charge >= 0.3 is 5.63 Å². The van der Waals surface area contributed by atoms with Crippen LogP contribution in [0.3, 0.4) is 0 Å². The molecular weight excluding hydrogens is 283 g/mol. The Labute approximate surface area is 129 Å². The van der Waals surface area contributed by atoms with Gasteiger partial charge in [-0.2, -0.15) is 0 Å². The zero-order valence-electron chi connectivity index (χ0n) is 12.6. The molecule has 3 nitrogen and oxygen atoms in total. The number of unbranched alkanes of at least 4 members (excludes halogenated alkanes) is 5. The van der Waals surface area contributed by atoms with Crippen LogP contribution in [0.25, 0.3) is 11.0 Å². The molecule has 0 N–H and O–H groups in total. The molecule has 0 aliphatic heterocycles. The number of ether oxygens (including phenoxy) is 1. The number of fused-ring (bicyclic) bond motifs is 1. The topological polar surface area (TPSA) is 39.4 Å². The lowest BCUT2D eigenvalue weighted by atomic mass is 10.1. The van der Waals surface area contributed by atoms with Crippen LogP contribution in [0.4, 0.5) is 4.39 Å². The first-order valence-corrected chi connectivity index (χ1v) is 7.68. The van der Waals surface area contributed by atoms with E-state index in [1.165, 1.54) is 37.1 Å². The van der Waals surface area contributed by atoms with Crippen molar-refractivity contribution in [2.75, 3.05) is 6.61 Å². The van der Waals surface area contributed by atoms with Crippen LogP contribution in [-0.4, -0.2) is 6.61 Å². The van der Waals surface area contributed by atoms with Crippen molar-refractivity contribution in [3.8, 4) is 5.75 Å². The molecule has 0 aliphatic carbocycles. The SMILES string of the molecule is C=CCCCCCCCOc1cc(=O)oc2ccc(F)cc12. The number of rotatable bonds is 9. The summed E-state index contributed by atoms with van der Waals surface area (Å²) in [6.45, 7) is 4.21. The maximum atomic E-state index is 13.3. The third kappa shape index (κ3) is 4.72. The number of allylic oxidation sites excluding steroid dienone is 1. The summed E-state index contributed by atoms with van der Waals surface area (Å²) in [6.07, 6.45) is 8.50. The first-order valence-electron chi connectivity index (χ1n) is 7.68. The molecule has 0 saturated heterocycles. The maximum Gasteiger partial charge on any atom is 0.339 e. The van der Waals surface area contributed by atoms with Crippen LogP contribution in [0, 0.1) is 5.82 Å². The summed E-state index contributed by atoms with van der Waals surface area (Å²) in [6, 6.07) is 5.30. The van der Waals surface area contributed by atoms with Gasteiger partial charge in [-0.15, -0.1) is 6.58 Å². The van der Waals surface area contributed by atoms with Crippen molar-refractivity contribution in [1.29, 1.82) is 0 Å². The maximum absolute atomic E-state index is 13.3. The molecule has 1 aromatic heterocycles. The molecule has 2 rings (SSSR count). The van der Waals surface area contributed by atoms with Gasteiger partial charge in [0.1, 0.15) is 17.1 Å². The van der Waals surface area contributed by atoms with Gasteiger partial charge in [0.05, 0.1) is 18.1 Å². The molecule has 0 saturated carbocycles. The minimum Gasteiger partial charge on any atom is -0.493 e. The smallest absolute Gasteiger partial charge is 0.339 e. The number of hydrogen-bond acceptors (Lipinski definition) is 3. The normalized spacial score (nSPS) is 10.8. The Balaban J connectivity index is 1.87. The molecule has 4 heteroatoms. The van der Waals surface area contributed by atoms with E-state index in [1.54, 1.807) is 0 Å². The summed E-state index contributed by atoms with van der Waals surface area (Å²) in [7, 11) is 0. The molecule has 0 unspecified atom stereocenters. The fraction of sp³-hybridized carbons (Fsp3) is 0.389. The van der Waals surface area contributed by atoms with E-state index in [9.17, 15) is 9.18 Å². The van der Waals surface area contributed by atoms with Crippen LogP contribution in [0.15, 0.2) is 46.1 Å². The van der Waals surface area contributed by atoms with Gasteiger partial charge in [-0.05, 0) is 37.5 Å². The second-order valence-electron chi connectivity index (χ2n) is 5.26. The molecule has 0 aliphatic rings. The van der Waals surface area contributed by atoms with Crippen molar-refractivity contribution < 1.29 is 13.5 Å². The van der Waals surface area contributed by atoms with Crippen LogP contribution in [-0.2, 0) is 0 Å². The Kier molecular flexibility index (Phi) is 6.19. The van der Waals surface area contributed by atoms with Crippen molar-refractivity contribution in [3.63, 3.8) is 0 Å². The van der Waals surface area contributed by atoms with Crippen molar-refractivity contribution >= 4 is 11.0 Å². The van der Waals surface area contributed by atoms with E-state index in [4.69, 9.17) is 9.15 Å². The first kappa shape index (κ1) is 16.3. The summed E-state index contributed by atoms with van der Waals surface area (Å²) in [4.78, 5) is 11.5. The van der Waals surface area contributed by atoms with E-state index < -0.39 is 5.63 Å². The molecule has 1 aromatic carbocycles. The highest BCUT2D eigenvalue weighted by molar-refractivity contribution is 5.83. The summed E-state index contributed by atoms with van der Waals surface area (Å²) >= 11 is 0. The zero-order valence-corrected chi connectivity index (χ0v) is 12.6. The lowest BCUT2D eigenvalue weighted by Gasteiger charge is -2.08. The second-order valence-corrected chi connectivity index (χ2v) is 5.26. The van der Waals surface area contributed by atoms with E-state index in [0.29, 0.717) is 23.3 Å². The third-order valence-corrected chi connectivity index (χ3v) is 3.48. The van der Waals surface area contributed by atoms with E-state index in [2.05, 4.69) is 6.58 Å². The van der Waals surface area contributed by atoms with Crippen LogP contribution in [0.2, 0.25) is 0 Å². The Hall–Kier alpha value is -2.10. The minimum absolute atomic E-state index is 0.341. The van der Waals surface area contributed by atoms with Crippen LogP contribution in [0.5, 0.6) is 5.75 Å². The second kappa shape index (κ2) is 8.37. The quantitative estimate of drug-likeness (QED) is 0.378. The summed E-state index contributed by atoms with van der Waals surface area (Å²) < 4.78 is 24.0. The lowest BCUT2D eigenvalue weighted by molar-refractivity contribution is 0.305. The molecule has 118 valence electrons. The largest absolute Gasteiger partial charge is 0.493 e. The standard InChI is InChI=1S/C18H21FO3/c1-2-3-4-5-6-7-8-11-21-17-13-18(20)22-16-10-9-14(19)12-15(16)17/h2,9-10,12-13H,1,3-8,11H2. The molecule has 0 atom stereocenters. The highest BCUT2D eigenvalue weighted by Crippen LogP contribution is 2.24. The summed E-state index contributed by atoms with van der Waals surface area (Å²) in [5, 5.41) is 0.491. The van der Waals surface area contributed by atoms with Gasteiger partial charge in [-0.25, -0.2) is 9.18 Å². The Bertz CT molecular complexity index is 676. The molecule has 2 aromatic rings. The van der Waals surface area contributed by atoms with Crippen LogP contribution >= 0.6 is 0 Å². The van der Waals surface area contributed by atoms with Gasteiger partial charge in [0.25, 0.3) is 0 Å². The van der Waals surface area contributed by atoms with Crippen molar-refractivity contribution in [2.45, 2.75) is 38.5 Å². The number of benzene rings is 1. The van der Waals surface area contributed by atoms with E-state index >= 15 is 0 Å². The van der Waals surface area contributed by atoms with Gasteiger partial charge in [0.15, 0.2) is 0 Å². The third-order valence-electron chi connectivity index (χ3n) is 3.48. The fourth-order valence-electron chi connectivity index (χ4n) is 2.33. The number of halogens is 1. The van der Waals surface area contributed by atoms with Gasteiger partial charge in [0, 0.05) is 0 Å². The molecule has 1 heterocycles. The average molecular weight is 304 g/mol. The highest BCUT2D eigenvalue weighted by atomic mass is 19.1. The lowest BCUT2D eigenvalue weighted by Crippen LogP contribution is -2.03. The first-order chi connectivity index (χ1) is 10.7. The Morgan fingerprint density at radius 1 is 1.14 bits per heavy atom. The van der Waals surface area contributed by atoms with Crippen molar-refractivity contribution in [2.24, 2.45) is 0 Å². The molecular formula is C18H21FO3. The van der Waals surface area contributed by atoms with Crippen molar-refractivity contribution in [3.05, 3.63) is 53.2 Å². The molecule has 0 bridgehead atoms. The molecule has 0 spiro atoms.